The van der Waals surface area contributed by atoms with E-state index in [4.69, 9.17) is 4.52 Å². The van der Waals surface area contributed by atoms with Crippen molar-refractivity contribution in [2.45, 2.75) is 52.5 Å². The van der Waals surface area contributed by atoms with Gasteiger partial charge in [0.2, 0.25) is 5.89 Å². The lowest BCUT2D eigenvalue weighted by atomic mass is 9.95. The summed E-state index contributed by atoms with van der Waals surface area (Å²) < 4.78 is 5.38. The van der Waals surface area contributed by atoms with Crippen molar-refractivity contribution in [1.29, 1.82) is 0 Å². The van der Waals surface area contributed by atoms with Crippen LogP contribution in [0.4, 0.5) is 4.79 Å². The summed E-state index contributed by atoms with van der Waals surface area (Å²) in [7, 11) is 1.92. The molecule has 2 N–H and O–H groups in total. The lowest BCUT2D eigenvalue weighted by Gasteiger charge is -2.32. The highest BCUT2D eigenvalue weighted by molar-refractivity contribution is 5.85. The van der Waals surface area contributed by atoms with Crippen LogP contribution in [0.15, 0.2) is 4.52 Å². The number of hydrogen-bond donors (Lipinski definition) is 2. The Morgan fingerprint density at radius 2 is 2.16 bits per heavy atom. The largest absolute Gasteiger partial charge is 0.339 e. The van der Waals surface area contributed by atoms with Crippen molar-refractivity contribution in [3.8, 4) is 0 Å². The number of carbonyl (C=O) groups is 1. The van der Waals surface area contributed by atoms with Gasteiger partial charge in [0.25, 0.3) is 0 Å². The maximum atomic E-state index is 12.2. The van der Waals surface area contributed by atoms with E-state index in [9.17, 15) is 4.79 Å². The molecular formula is C17H32ClN5O2. The third-order valence-electron chi connectivity index (χ3n) is 4.42. The first-order valence-electron chi connectivity index (χ1n) is 8.99. The summed E-state index contributed by atoms with van der Waals surface area (Å²) >= 11 is 0. The van der Waals surface area contributed by atoms with Gasteiger partial charge in [-0.15, -0.1) is 12.4 Å². The Hall–Kier alpha value is -1.34. The molecule has 2 amide bonds. The second-order valence-corrected chi connectivity index (χ2v) is 7.24. The summed E-state index contributed by atoms with van der Waals surface area (Å²) in [5.41, 5.74) is 0. The topological polar surface area (TPSA) is 83.3 Å². The monoisotopic (exact) mass is 373 g/mol. The number of carbonyl (C=O) groups excluding carboxylic acids is 1. The van der Waals surface area contributed by atoms with Gasteiger partial charge in [-0.2, -0.15) is 4.98 Å². The molecule has 8 heteroatoms. The Kier molecular flexibility index (Phi) is 9.21. The van der Waals surface area contributed by atoms with Gasteiger partial charge in [0.15, 0.2) is 5.82 Å². The van der Waals surface area contributed by atoms with Gasteiger partial charge in [-0.3, -0.25) is 0 Å². The van der Waals surface area contributed by atoms with Crippen molar-refractivity contribution in [1.82, 2.24) is 25.7 Å². The Labute approximate surface area is 156 Å². The molecule has 0 bridgehead atoms. The van der Waals surface area contributed by atoms with Crippen molar-refractivity contribution in [3.63, 3.8) is 0 Å². The van der Waals surface area contributed by atoms with E-state index in [1.807, 2.05) is 11.9 Å². The van der Waals surface area contributed by atoms with Crippen molar-refractivity contribution < 1.29 is 9.32 Å². The highest BCUT2D eigenvalue weighted by Crippen LogP contribution is 2.20. The van der Waals surface area contributed by atoms with Gasteiger partial charge in [-0.25, -0.2) is 4.79 Å². The van der Waals surface area contributed by atoms with Crippen LogP contribution in [0.3, 0.4) is 0 Å². The molecule has 25 heavy (non-hydrogen) atoms. The van der Waals surface area contributed by atoms with Gasteiger partial charge in [0.1, 0.15) is 0 Å². The summed E-state index contributed by atoms with van der Waals surface area (Å²) in [6.07, 6.45) is 3.62. The number of rotatable bonds is 7. The summed E-state index contributed by atoms with van der Waals surface area (Å²) in [5.74, 6) is 2.28. The molecule has 2 unspecified atom stereocenters. The van der Waals surface area contributed by atoms with Crippen LogP contribution in [-0.2, 0) is 12.8 Å². The fourth-order valence-electron chi connectivity index (χ4n) is 2.90. The standard InChI is InChI=1S/C17H31N5O2.ClH/c1-12(2)10-19-17(23)22-7-5-6-14(11-22)9-16-20-15(21-24-16)8-13(3)18-4;/h12-14,18H,5-11H2,1-4H3,(H,19,23);1H. The highest BCUT2D eigenvalue weighted by atomic mass is 35.5. The van der Waals surface area contributed by atoms with Gasteiger partial charge in [-0.1, -0.05) is 19.0 Å². The third kappa shape index (κ3) is 7.20. The number of halogens is 1. The van der Waals surface area contributed by atoms with Crippen LogP contribution >= 0.6 is 12.4 Å². The molecule has 0 saturated carbocycles. The zero-order chi connectivity index (χ0) is 17.5. The molecule has 144 valence electrons. The van der Waals surface area contributed by atoms with Crippen LogP contribution in [0.5, 0.6) is 0 Å². The normalized spacial score (nSPS) is 18.8. The van der Waals surface area contributed by atoms with Crippen LogP contribution in [0.2, 0.25) is 0 Å². The lowest BCUT2D eigenvalue weighted by molar-refractivity contribution is 0.160. The molecule has 1 aliphatic heterocycles. The van der Waals surface area contributed by atoms with Gasteiger partial charge < -0.3 is 20.1 Å². The summed E-state index contributed by atoms with van der Waals surface area (Å²) in [4.78, 5) is 18.6. The van der Waals surface area contributed by atoms with E-state index in [0.29, 0.717) is 23.8 Å². The molecule has 2 rings (SSSR count). The van der Waals surface area contributed by atoms with E-state index in [0.717, 1.165) is 51.1 Å². The number of hydrogen-bond acceptors (Lipinski definition) is 5. The molecule has 0 aliphatic carbocycles. The molecule has 0 radical (unpaired) electrons. The first-order chi connectivity index (χ1) is 11.5. The first kappa shape index (κ1) is 21.7. The number of piperidine rings is 1. The molecule has 0 spiro atoms. The van der Waals surface area contributed by atoms with Gasteiger partial charge in [0.05, 0.1) is 0 Å². The smallest absolute Gasteiger partial charge is 0.317 e. The molecule has 2 heterocycles. The molecule has 1 aliphatic rings. The summed E-state index contributed by atoms with van der Waals surface area (Å²) in [5, 5.41) is 10.2. The summed E-state index contributed by atoms with van der Waals surface area (Å²) in [6.45, 7) is 8.59. The predicted molar refractivity (Wildman–Crippen MR) is 100 cm³/mol. The molecule has 1 aromatic rings. The number of nitrogens with one attached hydrogen (secondary N) is 2. The molecule has 0 aromatic carbocycles. The highest BCUT2D eigenvalue weighted by Gasteiger charge is 2.25. The van der Waals surface area contributed by atoms with Gasteiger partial charge >= 0.3 is 6.03 Å². The average Bonchev–Trinajstić information content (AvgIpc) is 2.99. The van der Waals surface area contributed by atoms with Gasteiger partial charge in [-0.05, 0) is 38.6 Å². The van der Waals surface area contributed by atoms with Crippen LogP contribution < -0.4 is 10.6 Å². The molecule has 7 nitrogen and oxygen atoms in total. The van der Waals surface area contributed by atoms with Crippen LogP contribution in [-0.4, -0.2) is 53.8 Å². The molecule has 1 saturated heterocycles. The van der Waals surface area contributed by atoms with Crippen molar-refractivity contribution in [2.75, 3.05) is 26.7 Å². The Bertz CT molecular complexity index is 523. The summed E-state index contributed by atoms with van der Waals surface area (Å²) in [6, 6.07) is 0.368. The van der Waals surface area contributed by atoms with Crippen LogP contribution in [0, 0.1) is 11.8 Å². The molecular weight excluding hydrogens is 342 g/mol. The predicted octanol–water partition coefficient (Wildman–Crippen LogP) is 2.26. The number of likely N-dealkylation sites (N-methyl/N-ethyl adjacent to an activating group) is 1. The molecule has 1 aromatic heterocycles. The number of aromatic nitrogens is 2. The first-order valence-corrected chi connectivity index (χ1v) is 8.99. The van der Waals surface area contributed by atoms with Crippen molar-refractivity contribution >= 4 is 18.4 Å². The minimum atomic E-state index is 0. The number of likely N-dealkylation sites (tertiary alicyclic amines) is 1. The minimum absolute atomic E-state index is 0. The minimum Gasteiger partial charge on any atom is -0.339 e. The van der Waals surface area contributed by atoms with E-state index in [1.54, 1.807) is 0 Å². The second kappa shape index (κ2) is 10.6. The van der Waals surface area contributed by atoms with Crippen LogP contribution in [0.25, 0.3) is 0 Å². The Morgan fingerprint density at radius 3 is 2.84 bits per heavy atom. The molecule has 1 fully saturated rings. The Balaban J connectivity index is 0.00000312. The quantitative estimate of drug-likeness (QED) is 0.766. The fraction of sp³-hybridized carbons (Fsp3) is 0.824. The zero-order valence-corrected chi connectivity index (χ0v) is 16.6. The number of amides is 2. The third-order valence-corrected chi connectivity index (χ3v) is 4.42. The van der Waals surface area contributed by atoms with E-state index in [-0.39, 0.29) is 18.4 Å². The second-order valence-electron chi connectivity index (χ2n) is 7.24. The lowest BCUT2D eigenvalue weighted by Crippen LogP contribution is -2.46. The number of nitrogens with zero attached hydrogens (tertiary/aromatic N) is 3. The van der Waals surface area contributed by atoms with E-state index in [2.05, 4.69) is 41.5 Å². The molecule has 2 atom stereocenters. The average molecular weight is 374 g/mol. The van der Waals surface area contributed by atoms with E-state index in [1.165, 1.54) is 0 Å². The van der Waals surface area contributed by atoms with Crippen LogP contribution in [0.1, 0.15) is 45.3 Å². The fourth-order valence-corrected chi connectivity index (χ4v) is 2.90. The number of urea groups is 1. The van der Waals surface area contributed by atoms with Crippen molar-refractivity contribution in [3.05, 3.63) is 11.7 Å². The van der Waals surface area contributed by atoms with Gasteiger partial charge in [0, 0.05) is 38.5 Å². The maximum Gasteiger partial charge on any atom is 0.317 e. The Morgan fingerprint density at radius 1 is 1.40 bits per heavy atom. The SMILES string of the molecule is CNC(C)Cc1noc(CC2CCCN(C(=O)NCC(C)C)C2)n1.Cl. The maximum absolute atomic E-state index is 12.2. The zero-order valence-electron chi connectivity index (χ0n) is 15.7. The van der Waals surface area contributed by atoms with Crippen molar-refractivity contribution in [2.24, 2.45) is 11.8 Å². The van der Waals surface area contributed by atoms with E-state index >= 15 is 0 Å². The van der Waals surface area contributed by atoms with E-state index < -0.39 is 0 Å².